The summed E-state index contributed by atoms with van der Waals surface area (Å²) in [6.45, 7) is 8.59. The molecule has 0 saturated carbocycles. The number of thiophene rings is 1. The van der Waals surface area contributed by atoms with Gasteiger partial charge in [0, 0.05) is 25.5 Å². The Morgan fingerprint density at radius 2 is 1.77 bits per heavy atom. The third-order valence-corrected chi connectivity index (χ3v) is 11.1. The number of nitrogens with one attached hydrogen (secondary N) is 3. The summed E-state index contributed by atoms with van der Waals surface area (Å²) >= 11 is 6.33. The smallest absolute Gasteiger partial charge is 0.272 e. The van der Waals surface area contributed by atoms with Gasteiger partial charge in [-0.1, -0.05) is 73.1 Å². The molecule has 246 valence electrons. The third-order valence-electron chi connectivity index (χ3n) is 8.30. The Bertz CT molecular complexity index is 1910. The van der Waals surface area contributed by atoms with Crippen LogP contribution in [0.5, 0.6) is 0 Å². The maximum atomic E-state index is 13.5. The molecule has 0 spiro atoms. The first-order chi connectivity index (χ1) is 22.9. The molecule has 48 heavy (non-hydrogen) atoms. The van der Waals surface area contributed by atoms with Gasteiger partial charge < -0.3 is 16.0 Å². The molecule has 3 aromatic carbocycles. The summed E-state index contributed by atoms with van der Waals surface area (Å²) in [4.78, 5) is 41.8. The van der Waals surface area contributed by atoms with Crippen LogP contribution in [0.25, 0.3) is 6.08 Å². The maximum absolute atomic E-state index is 13.5. The number of hydrogen-bond donors (Lipinski definition) is 3. The summed E-state index contributed by atoms with van der Waals surface area (Å²) in [6, 6.07) is 25.7. The van der Waals surface area contributed by atoms with Crippen LogP contribution < -0.4 is 16.0 Å². The van der Waals surface area contributed by atoms with Crippen LogP contribution in [0, 0.1) is 22.7 Å². The molecule has 3 amide bonds. The highest BCUT2D eigenvalue weighted by atomic mass is 79.9. The molecule has 2 unspecified atom stereocenters. The summed E-state index contributed by atoms with van der Waals surface area (Å²) in [7, 11) is 0. The molecule has 0 fully saturated rings. The Hall–Kier alpha value is -4.17. The van der Waals surface area contributed by atoms with Crippen molar-refractivity contribution >= 4 is 73.5 Å². The highest BCUT2D eigenvalue weighted by Gasteiger charge is 2.32. The standard InChI is InChI=1S/C38H37BrN4O3S2/c1-23(34(44)43-37-31(22-40)30-17-16-26(38(2,3)4)20-33(30)48-37)47-29-15-9-14-28(21-29)41-36(46)32(19-24-10-8-13-27(39)18-24)42-35(45)25-11-6-5-7-12-25/h5-15,18-19,21,23,26H,16-17,20H2,1-4H3,(H,41,46)(H,42,45)(H,43,44)/b32-19+. The van der Waals surface area contributed by atoms with Crippen LogP contribution in [0.4, 0.5) is 10.7 Å². The predicted molar refractivity (Wildman–Crippen MR) is 199 cm³/mol. The monoisotopic (exact) mass is 740 g/mol. The SMILES string of the molecule is CC(Sc1cccc(NC(=O)/C(=C\c2cccc(Br)c2)NC(=O)c2ccccc2)c1)C(=O)Nc1sc2c(c1C#N)CCC(C(C)(C)C)C2. The molecule has 1 heterocycles. The molecule has 0 bridgehead atoms. The second-order valence-electron chi connectivity index (χ2n) is 12.8. The number of thioether (sulfide) groups is 1. The lowest BCUT2D eigenvalue weighted by atomic mass is 9.72. The van der Waals surface area contributed by atoms with Crippen molar-refractivity contribution in [2.75, 3.05) is 10.6 Å². The number of halogens is 1. The number of hydrogen-bond acceptors (Lipinski definition) is 6. The van der Waals surface area contributed by atoms with E-state index in [1.165, 1.54) is 28.0 Å². The Balaban J connectivity index is 1.27. The fourth-order valence-corrected chi connectivity index (χ4v) is 8.18. The highest BCUT2D eigenvalue weighted by molar-refractivity contribution is 9.10. The first kappa shape index (κ1) is 35.1. The van der Waals surface area contributed by atoms with Gasteiger partial charge in [-0.25, -0.2) is 0 Å². The topological polar surface area (TPSA) is 111 Å². The minimum atomic E-state index is -0.494. The molecule has 10 heteroatoms. The third kappa shape index (κ3) is 8.84. The van der Waals surface area contributed by atoms with E-state index in [0.29, 0.717) is 27.7 Å². The lowest BCUT2D eigenvalue weighted by molar-refractivity contribution is -0.115. The summed E-state index contributed by atoms with van der Waals surface area (Å²) < 4.78 is 0.838. The van der Waals surface area contributed by atoms with Gasteiger partial charge in [0.25, 0.3) is 11.8 Å². The summed E-state index contributed by atoms with van der Waals surface area (Å²) in [5, 5.41) is 18.8. The van der Waals surface area contributed by atoms with E-state index < -0.39 is 17.1 Å². The number of rotatable bonds is 9. The van der Waals surface area contributed by atoms with Crippen molar-refractivity contribution in [3.63, 3.8) is 0 Å². The Labute approximate surface area is 298 Å². The summed E-state index contributed by atoms with van der Waals surface area (Å²) in [6.07, 6.45) is 4.43. The quantitative estimate of drug-likeness (QED) is 0.117. The van der Waals surface area contributed by atoms with Crippen LogP contribution in [0.2, 0.25) is 0 Å². The molecule has 1 aromatic heterocycles. The first-order valence-electron chi connectivity index (χ1n) is 15.7. The fourth-order valence-electron chi connectivity index (χ4n) is 5.55. The molecule has 0 radical (unpaired) electrons. The van der Waals surface area contributed by atoms with E-state index in [0.717, 1.165) is 39.8 Å². The van der Waals surface area contributed by atoms with Crippen molar-refractivity contribution in [2.45, 2.75) is 57.1 Å². The van der Waals surface area contributed by atoms with E-state index in [2.05, 4.69) is 58.7 Å². The molecular weight excluding hydrogens is 704 g/mol. The van der Waals surface area contributed by atoms with Crippen LogP contribution in [0.3, 0.4) is 0 Å². The van der Waals surface area contributed by atoms with E-state index in [-0.39, 0.29) is 17.0 Å². The van der Waals surface area contributed by atoms with Crippen molar-refractivity contribution in [3.8, 4) is 6.07 Å². The van der Waals surface area contributed by atoms with Crippen molar-refractivity contribution in [1.82, 2.24) is 5.32 Å². The zero-order valence-corrected chi connectivity index (χ0v) is 30.4. The van der Waals surface area contributed by atoms with E-state index in [1.54, 1.807) is 48.5 Å². The second kappa shape index (κ2) is 15.4. The zero-order chi connectivity index (χ0) is 34.4. The van der Waals surface area contributed by atoms with Gasteiger partial charge >= 0.3 is 0 Å². The number of benzene rings is 3. The largest absolute Gasteiger partial charge is 0.321 e. The normalized spacial score (nSPS) is 15.1. The predicted octanol–water partition coefficient (Wildman–Crippen LogP) is 9.06. The number of nitrogens with zero attached hydrogens (tertiary/aromatic N) is 1. The van der Waals surface area contributed by atoms with Crippen molar-refractivity contribution in [1.29, 1.82) is 5.26 Å². The van der Waals surface area contributed by atoms with Gasteiger partial charge in [-0.3, -0.25) is 14.4 Å². The van der Waals surface area contributed by atoms with Crippen molar-refractivity contribution < 1.29 is 14.4 Å². The van der Waals surface area contributed by atoms with Crippen LogP contribution in [-0.4, -0.2) is 23.0 Å². The summed E-state index contributed by atoms with van der Waals surface area (Å²) in [5.74, 6) is -0.559. The molecule has 4 aromatic rings. The van der Waals surface area contributed by atoms with Gasteiger partial charge in [-0.2, -0.15) is 5.26 Å². The average Bonchev–Trinajstić information content (AvgIpc) is 3.40. The molecule has 5 rings (SSSR count). The lowest BCUT2D eigenvalue weighted by Gasteiger charge is -2.33. The number of amides is 3. The summed E-state index contributed by atoms with van der Waals surface area (Å²) in [5.41, 5.74) is 3.59. The van der Waals surface area contributed by atoms with E-state index in [9.17, 15) is 19.6 Å². The number of anilines is 2. The van der Waals surface area contributed by atoms with Crippen molar-refractivity contribution in [2.24, 2.45) is 11.3 Å². The number of fused-ring (bicyclic) bond motifs is 1. The number of carbonyl (C=O) groups is 3. The molecule has 7 nitrogen and oxygen atoms in total. The van der Waals surface area contributed by atoms with Gasteiger partial charge in [-0.15, -0.1) is 23.1 Å². The van der Waals surface area contributed by atoms with Crippen LogP contribution in [-0.2, 0) is 22.4 Å². The van der Waals surface area contributed by atoms with Gasteiger partial charge in [0.05, 0.1) is 10.8 Å². The van der Waals surface area contributed by atoms with Crippen molar-refractivity contribution in [3.05, 3.63) is 116 Å². The highest BCUT2D eigenvalue weighted by Crippen LogP contribution is 2.44. The minimum Gasteiger partial charge on any atom is -0.321 e. The van der Waals surface area contributed by atoms with Gasteiger partial charge in [0.15, 0.2) is 0 Å². The molecule has 1 aliphatic carbocycles. The molecule has 0 aliphatic heterocycles. The fraction of sp³-hybridized carbons (Fsp3) is 0.263. The Kier molecular flexibility index (Phi) is 11.3. The zero-order valence-electron chi connectivity index (χ0n) is 27.2. The maximum Gasteiger partial charge on any atom is 0.272 e. The van der Waals surface area contributed by atoms with Crippen LogP contribution >= 0.6 is 39.0 Å². The van der Waals surface area contributed by atoms with Gasteiger partial charge in [-0.05, 0) is 97.2 Å². The van der Waals surface area contributed by atoms with E-state index in [4.69, 9.17) is 0 Å². The van der Waals surface area contributed by atoms with Gasteiger partial charge in [0.2, 0.25) is 5.91 Å². The van der Waals surface area contributed by atoms with Crippen LogP contribution in [0.15, 0.2) is 93.9 Å². The molecule has 3 N–H and O–H groups in total. The van der Waals surface area contributed by atoms with Gasteiger partial charge in [0.1, 0.15) is 16.8 Å². The Morgan fingerprint density at radius 3 is 2.48 bits per heavy atom. The molecule has 0 saturated heterocycles. The molecule has 2 atom stereocenters. The average molecular weight is 742 g/mol. The second-order valence-corrected chi connectivity index (χ2v) is 16.2. The number of carbonyl (C=O) groups excluding carboxylic acids is 3. The van der Waals surface area contributed by atoms with Crippen LogP contribution in [0.1, 0.15) is 66.0 Å². The lowest BCUT2D eigenvalue weighted by Crippen LogP contribution is -2.30. The van der Waals surface area contributed by atoms with E-state index >= 15 is 0 Å². The Morgan fingerprint density at radius 1 is 1.02 bits per heavy atom. The molecular formula is C38H37BrN4O3S2. The minimum absolute atomic E-state index is 0.0773. The number of nitriles is 1. The van der Waals surface area contributed by atoms with E-state index in [1.807, 2.05) is 43.3 Å². The molecule has 1 aliphatic rings. The first-order valence-corrected chi connectivity index (χ1v) is 18.2.